The Kier molecular flexibility index (Phi) is 5.82. The number of aromatic nitrogens is 1. The van der Waals surface area contributed by atoms with Crippen molar-refractivity contribution < 1.29 is 4.79 Å². The first kappa shape index (κ1) is 17.6. The molecule has 1 fully saturated rings. The number of amides is 1. The van der Waals surface area contributed by atoms with Crippen LogP contribution in [0.1, 0.15) is 35.4 Å². The second kappa shape index (κ2) is 8.26. The third kappa shape index (κ3) is 4.67. The maximum atomic E-state index is 12.7. The Bertz CT molecular complexity index is 701. The van der Waals surface area contributed by atoms with E-state index in [1.165, 1.54) is 23.1 Å². The van der Waals surface area contributed by atoms with Crippen LogP contribution in [-0.4, -0.2) is 47.4 Å². The van der Waals surface area contributed by atoms with Gasteiger partial charge in [0.05, 0.1) is 6.54 Å². The maximum Gasteiger partial charge on any atom is 0.236 e. The smallest absolute Gasteiger partial charge is 0.236 e. The van der Waals surface area contributed by atoms with Crippen LogP contribution in [0, 0.1) is 6.92 Å². The molecule has 25 heavy (non-hydrogen) atoms. The number of carbonyl (C=O) groups is 1. The summed E-state index contributed by atoms with van der Waals surface area (Å²) in [6.45, 7) is 5.11. The molecule has 1 amide bonds. The highest BCUT2D eigenvalue weighted by Gasteiger charge is 2.25. The van der Waals surface area contributed by atoms with Gasteiger partial charge in [-0.05, 0) is 55.6 Å². The Hall–Kier alpha value is -2.20. The van der Waals surface area contributed by atoms with Crippen LogP contribution in [0.3, 0.4) is 0 Å². The van der Waals surface area contributed by atoms with E-state index in [2.05, 4.69) is 41.1 Å². The largest absolute Gasteiger partial charge is 0.341 e. The molecule has 2 heterocycles. The zero-order valence-corrected chi connectivity index (χ0v) is 15.2. The Labute approximate surface area is 150 Å². The fraction of sp³-hybridized carbons (Fsp3) is 0.429. The molecule has 1 aliphatic heterocycles. The van der Waals surface area contributed by atoms with Crippen molar-refractivity contribution in [2.45, 2.75) is 32.2 Å². The van der Waals surface area contributed by atoms with Crippen molar-refractivity contribution in [2.24, 2.45) is 0 Å². The lowest BCUT2D eigenvalue weighted by molar-refractivity contribution is -0.133. The monoisotopic (exact) mass is 337 g/mol. The van der Waals surface area contributed by atoms with Gasteiger partial charge in [-0.2, -0.15) is 0 Å². The molecular weight excluding hydrogens is 310 g/mol. The molecule has 1 saturated heterocycles. The summed E-state index contributed by atoms with van der Waals surface area (Å²) in [6.07, 6.45) is 5.84. The number of likely N-dealkylation sites (tertiary alicyclic amines) is 1. The van der Waals surface area contributed by atoms with Gasteiger partial charge in [-0.15, -0.1) is 0 Å². The van der Waals surface area contributed by atoms with Crippen molar-refractivity contribution in [3.05, 3.63) is 65.5 Å². The van der Waals surface area contributed by atoms with Gasteiger partial charge in [0.15, 0.2) is 0 Å². The lowest BCUT2D eigenvalue weighted by Gasteiger charge is -2.34. The molecule has 0 saturated carbocycles. The molecule has 0 unspecified atom stereocenters. The van der Waals surface area contributed by atoms with Gasteiger partial charge in [0.2, 0.25) is 5.91 Å². The maximum absolute atomic E-state index is 12.7. The van der Waals surface area contributed by atoms with Crippen molar-refractivity contribution >= 4 is 5.91 Å². The van der Waals surface area contributed by atoms with E-state index in [1.54, 1.807) is 12.4 Å². The van der Waals surface area contributed by atoms with E-state index in [0.717, 1.165) is 26.1 Å². The number of piperidine rings is 1. The Balaban J connectivity index is 1.57. The lowest BCUT2D eigenvalue weighted by Crippen LogP contribution is -2.43. The molecule has 1 aromatic heterocycles. The van der Waals surface area contributed by atoms with E-state index in [9.17, 15) is 4.79 Å². The molecule has 4 nitrogen and oxygen atoms in total. The molecule has 0 aliphatic carbocycles. The summed E-state index contributed by atoms with van der Waals surface area (Å²) >= 11 is 0. The van der Waals surface area contributed by atoms with Gasteiger partial charge in [-0.3, -0.25) is 14.7 Å². The fourth-order valence-electron chi connectivity index (χ4n) is 3.69. The molecule has 0 bridgehead atoms. The van der Waals surface area contributed by atoms with Crippen molar-refractivity contribution in [1.29, 1.82) is 0 Å². The summed E-state index contributed by atoms with van der Waals surface area (Å²) in [6, 6.07) is 12.6. The van der Waals surface area contributed by atoms with Crippen LogP contribution in [-0.2, 0) is 11.3 Å². The van der Waals surface area contributed by atoms with Gasteiger partial charge in [0.1, 0.15) is 0 Å². The van der Waals surface area contributed by atoms with Crippen LogP contribution < -0.4 is 0 Å². The van der Waals surface area contributed by atoms with Crippen LogP contribution in [0.15, 0.2) is 48.8 Å². The highest BCUT2D eigenvalue weighted by molar-refractivity contribution is 5.78. The van der Waals surface area contributed by atoms with E-state index in [1.807, 2.05) is 24.1 Å². The summed E-state index contributed by atoms with van der Waals surface area (Å²) in [7, 11) is 2.00. The second-order valence-electron chi connectivity index (χ2n) is 7.06. The molecule has 0 radical (unpaired) electrons. The fourth-order valence-corrected chi connectivity index (χ4v) is 3.69. The molecule has 3 rings (SSSR count). The first-order valence-electron chi connectivity index (χ1n) is 9.04. The zero-order valence-electron chi connectivity index (χ0n) is 15.2. The first-order chi connectivity index (χ1) is 12.1. The number of hydrogen-bond donors (Lipinski definition) is 0. The Morgan fingerprint density at radius 2 is 2.00 bits per heavy atom. The molecule has 1 aromatic carbocycles. The normalized spacial score (nSPS) is 17.7. The van der Waals surface area contributed by atoms with E-state index in [-0.39, 0.29) is 5.91 Å². The van der Waals surface area contributed by atoms with Gasteiger partial charge in [0.25, 0.3) is 0 Å². The molecule has 4 heteroatoms. The molecule has 1 aliphatic rings. The number of hydrogen-bond acceptors (Lipinski definition) is 3. The van der Waals surface area contributed by atoms with Crippen molar-refractivity contribution in [3.8, 4) is 0 Å². The highest BCUT2D eigenvalue weighted by Crippen LogP contribution is 2.29. The number of aryl methyl sites for hydroxylation is 1. The second-order valence-corrected chi connectivity index (χ2v) is 7.06. The van der Waals surface area contributed by atoms with E-state index >= 15 is 0 Å². The van der Waals surface area contributed by atoms with E-state index < -0.39 is 0 Å². The van der Waals surface area contributed by atoms with Crippen molar-refractivity contribution in [2.75, 3.05) is 26.7 Å². The number of rotatable bonds is 5. The van der Waals surface area contributed by atoms with Crippen LogP contribution in [0.4, 0.5) is 0 Å². The Morgan fingerprint density at radius 3 is 2.76 bits per heavy atom. The quantitative estimate of drug-likeness (QED) is 0.840. The molecule has 132 valence electrons. The summed E-state index contributed by atoms with van der Waals surface area (Å²) in [4.78, 5) is 20.9. The number of carbonyl (C=O) groups excluding carboxylic acids is 1. The Morgan fingerprint density at radius 1 is 1.24 bits per heavy atom. The minimum atomic E-state index is 0.231. The summed E-state index contributed by atoms with van der Waals surface area (Å²) in [5.74, 6) is 0.694. The summed E-state index contributed by atoms with van der Waals surface area (Å²) in [5, 5.41) is 0. The zero-order chi connectivity index (χ0) is 17.6. The lowest BCUT2D eigenvalue weighted by atomic mass is 9.88. The highest BCUT2D eigenvalue weighted by atomic mass is 16.2. The average molecular weight is 337 g/mol. The summed E-state index contributed by atoms with van der Waals surface area (Å²) in [5.41, 5.74) is 3.91. The van der Waals surface area contributed by atoms with Crippen LogP contribution in [0.5, 0.6) is 0 Å². The summed E-state index contributed by atoms with van der Waals surface area (Å²) < 4.78 is 0. The van der Waals surface area contributed by atoms with E-state index in [4.69, 9.17) is 0 Å². The third-order valence-corrected chi connectivity index (χ3v) is 5.01. The number of pyridine rings is 1. The molecule has 0 spiro atoms. The van der Waals surface area contributed by atoms with Crippen molar-refractivity contribution in [3.63, 3.8) is 0 Å². The van der Waals surface area contributed by atoms with Gasteiger partial charge >= 0.3 is 0 Å². The van der Waals surface area contributed by atoms with Crippen molar-refractivity contribution in [1.82, 2.24) is 14.8 Å². The van der Waals surface area contributed by atoms with Gasteiger partial charge < -0.3 is 4.90 Å². The van der Waals surface area contributed by atoms with E-state index in [0.29, 0.717) is 12.5 Å². The number of benzene rings is 1. The molecular formula is C21H27N3O. The average Bonchev–Trinajstić information content (AvgIpc) is 2.63. The predicted octanol–water partition coefficient (Wildman–Crippen LogP) is 3.23. The minimum absolute atomic E-state index is 0.231. The van der Waals surface area contributed by atoms with Gasteiger partial charge in [-0.1, -0.05) is 24.3 Å². The third-order valence-electron chi connectivity index (χ3n) is 5.01. The number of likely N-dealkylation sites (N-methyl/N-ethyl adjacent to an activating group) is 1. The van der Waals surface area contributed by atoms with Crippen LogP contribution in [0.2, 0.25) is 0 Å². The first-order valence-corrected chi connectivity index (χ1v) is 9.04. The molecule has 0 N–H and O–H groups in total. The van der Waals surface area contributed by atoms with Gasteiger partial charge in [0, 0.05) is 37.9 Å². The van der Waals surface area contributed by atoms with Crippen LogP contribution in [0.25, 0.3) is 0 Å². The molecule has 2 aromatic rings. The van der Waals surface area contributed by atoms with Crippen LogP contribution >= 0.6 is 0 Å². The minimum Gasteiger partial charge on any atom is -0.341 e. The molecule has 1 atom stereocenters. The topological polar surface area (TPSA) is 36.4 Å². The van der Waals surface area contributed by atoms with Gasteiger partial charge in [-0.25, -0.2) is 0 Å². The number of nitrogens with zero attached hydrogens (tertiary/aromatic N) is 3. The predicted molar refractivity (Wildman–Crippen MR) is 100 cm³/mol. The standard InChI is InChI=1S/C21H27N3O/c1-17-6-3-4-8-20(17)19-7-5-13-24(15-19)21(25)16-23(2)14-18-9-11-22-12-10-18/h3-4,6,8-12,19H,5,7,13-16H2,1-2H3/t19-/m0/s1. The SMILES string of the molecule is Cc1ccccc1[C@H]1CCCN(C(=O)CN(C)Cc2ccncc2)C1.